The van der Waals surface area contributed by atoms with Crippen LogP contribution in [-0.2, 0) is 30.9 Å². The first-order valence-electron chi connectivity index (χ1n) is 15.9. The van der Waals surface area contributed by atoms with Gasteiger partial charge in [-0.3, -0.25) is 4.79 Å². The predicted molar refractivity (Wildman–Crippen MR) is 189 cm³/mol. The molecule has 1 amide bonds. The number of carbonyl (C=O) groups excluding carboxylic acids is 1. The lowest BCUT2D eigenvalue weighted by Crippen LogP contribution is -2.44. The van der Waals surface area contributed by atoms with Gasteiger partial charge in [-0.25, -0.2) is 21.6 Å². The van der Waals surface area contributed by atoms with Crippen LogP contribution in [0, 0.1) is 17.5 Å². The average molecular weight is 702 g/mol. The van der Waals surface area contributed by atoms with E-state index in [4.69, 9.17) is 4.43 Å². The average Bonchev–Trinajstić information content (AvgIpc) is 3.06. The van der Waals surface area contributed by atoms with Crippen molar-refractivity contribution in [1.82, 2.24) is 0 Å². The largest absolute Gasteiger partial charge is 0.409 e. The number of sulfone groups is 1. The number of benzene rings is 5. The standard InChI is InChI=1S/C39H38F3NO4SSi/c1-5-48(45,46)30-24-18-27(19-25-30)26-37(44)43-29-22-20-28(21-23-29)38(47-49(2,3)4)39(31-12-6-9-15-34(31)40,32-13-7-10-16-35(32)41)33-14-8-11-17-36(33)42/h6-25,38H,5,26H2,1-4H3,(H,43,44). The maximum absolute atomic E-state index is 16.1. The van der Waals surface area contributed by atoms with Crippen LogP contribution in [0.4, 0.5) is 18.9 Å². The van der Waals surface area contributed by atoms with Gasteiger partial charge in [-0.05, 0) is 73.2 Å². The van der Waals surface area contributed by atoms with E-state index in [1.807, 2.05) is 19.6 Å². The molecule has 0 radical (unpaired) electrons. The molecule has 0 heterocycles. The van der Waals surface area contributed by atoms with Crippen LogP contribution in [0.5, 0.6) is 0 Å². The molecule has 0 spiro atoms. The molecule has 0 fully saturated rings. The highest BCUT2D eigenvalue weighted by molar-refractivity contribution is 7.91. The lowest BCUT2D eigenvalue weighted by Gasteiger charge is -2.45. The van der Waals surface area contributed by atoms with Gasteiger partial charge in [-0.1, -0.05) is 85.8 Å². The minimum absolute atomic E-state index is 0.00648. The third-order valence-electron chi connectivity index (χ3n) is 8.29. The van der Waals surface area contributed by atoms with Gasteiger partial charge < -0.3 is 9.74 Å². The number of anilines is 1. The molecule has 1 atom stereocenters. The molecule has 49 heavy (non-hydrogen) atoms. The molecule has 1 N–H and O–H groups in total. The van der Waals surface area contributed by atoms with Crippen molar-refractivity contribution in [3.63, 3.8) is 0 Å². The van der Waals surface area contributed by atoms with Crippen LogP contribution in [0.15, 0.2) is 126 Å². The summed E-state index contributed by atoms with van der Waals surface area (Å²) in [5.41, 5.74) is -0.0698. The van der Waals surface area contributed by atoms with E-state index in [2.05, 4.69) is 5.32 Å². The molecule has 0 bridgehead atoms. The predicted octanol–water partition coefficient (Wildman–Crippen LogP) is 9.01. The molecule has 5 aromatic rings. The van der Waals surface area contributed by atoms with Crippen LogP contribution in [0.1, 0.15) is 40.8 Å². The van der Waals surface area contributed by atoms with Gasteiger partial charge in [-0.15, -0.1) is 0 Å². The van der Waals surface area contributed by atoms with Crippen LogP contribution in [-0.4, -0.2) is 28.4 Å². The molecule has 0 saturated carbocycles. The molecule has 5 aromatic carbocycles. The van der Waals surface area contributed by atoms with Crippen molar-refractivity contribution in [2.45, 2.75) is 49.4 Å². The molecule has 10 heteroatoms. The Bertz CT molecular complexity index is 1940. The molecule has 0 aliphatic rings. The Morgan fingerprint density at radius 3 is 1.57 bits per heavy atom. The van der Waals surface area contributed by atoms with Crippen molar-refractivity contribution in [2.75, 3.05) is 11.1 Å². The van der Waals surface area contributed by atoms with E-state index in [9.17, 15) is 13.2 Å². The van der Waals surface area contributed by atoms with Gasteiger partial charge in [0.05, 0.1) is 28.6 Å². The Kier molecular flexibility index (Phi) is 10.6. The highest BCUT2D eigenvalue weighted by Gasteiger charge is 2.51. The van der Waals surface area contributed by atoms with E-state index < -0.39 is 47.1 Å². The highest BCUT2D eigenvalue weighted by atomic mass is 32.2. The van der Waals surface area contributed by atoms with Gasteiger partial charge in [0.2, 0.25) is 5.91 Å². The summed E-state index contributed by atoms with van der Waals surface area (Å²) in [5.74, 6) is -2.30. The molecule has 0 saturated heterocycles. The van der Waals surface area contributed by atoms with Gasteiger partial charge in [0.25, 0.3) is 0 Å². The number of halogens is 3. The van der Waals surface area contributed by atoms with E-state index >= 15 is 13.2 Å². The maximum Gasteiger partial charge on any atom is 0.228 e. The van der Waals surface area contributed by atoms with E-state index in [1.165, 1.54) is 66.7 Å². The second kappa shape index (κ2) is 14.5. The van der Waals surface area contributed by atoms with Crippen molar-refractivity contribution in [1.29, 1.82) is 0 Å². The van der Waals surface area contributed by atoms with Crippen molar-refractivity contribution in [3.05, 3.63) is 167 Å². The first-order chi connectivity index (χ1) is 23.3. The zero-order chi connectivity index (χ0) is 35.4. The van der Waals surface area contributed by atoms with E-state index in [-0.39, 0.29) is 39.7 Å². The molecule has 0 aliphatic heterocycles. The van der Waals surface area contributed by atoms with Crippen molar-refractivity contribution in [2.24, 2.45) is 0 Å². The van der Waals surface area contributed by atoms with Crippen molar-refractivity contribution in [3.8, 4) is 0 Å². The van der Waals surface area contributed by atoms with Gasteiger partial charge >= 0.3 is 0 Å². The summed E-state index contributed by atoms with van der Waals surface area (Å²) in [6.45, 7) is 7.43. The minimum Gasteiger partial charge on any atom is -0.409 e. The Labute approximate surface area is 286 Å². The fourth-order valence-electron chi connectivity index (χ4n) is 6.08. The summed E-state index contributed by atoms with van der Waals surface area (Å²) in [6, 6.07) is 30.8. The molecule has 0 aliphatic carbocycles. The number of carbonyl (C=O) groups is 1. The van der Waals surface area contributed by atoms with Gasteiger partial charge in [0.15, 0.2) is 18.2 Å². The van der Waals surface area contributed by atoms with Gasteiger partial charge in [-0.2, -0.15) is 0 Å². The number of amides is 1. The summed E-state index contributed by atoms with van der Waals surface area (Å²) in [7, 11) is -5.90. The van der Waals surface area contributed by atoms with Crippen molar-refractivity contribution >= 4 is 29.7 Å². The molecular formula is C39H38F3NO4SSi. The monoisotopic (exact) mass is 701 g/mol. The Morgan fingerprint density at radius 2 is 1.16 bits per heavy atom. The number of nitrogens with one attached hydrogen (secondary N) is 1. The third kappa shape index (κ3) is 7.72. The van der Waals surface area contributed by atoms with E-state index in [0.717, 1.165) is 0 Å². The van der Waals surface area contributed by atoms with Gasteiger partial charge in [0, 0.05) is 22.4 Å². The minimum atomic E-state index is -3.36. The molecule has 5 nitrogen and oxygen atoms in total. The van der Waals surface area contributed by atoms with Crippen LogP contribution in [0.2, 0.25) is 19.6 Å². The molecule has 5 rings (SSSR count). The number of hydrogen-bond donors (Lipinski definition) is 1. The quantitative estimate of drug-likeness (QED) is 0.104. The summed E-state index contributed by atoms with van der Waals surface area (Å²) in [6.07, 6.45) is -1.10. The fourth-order valence-corrected chi connectivity index (χ4v) is 7.98. The summed E-state index contributed by atoms with van der Waals surface area (Å²) < 4.78 is 79.6. The Hall–Kier alpha value is -4.51. The first-order valence-corrected chi connectivity index (χ1v) is 21.0. The lowest BCUT2D eigenvalue weighted by molar-refractivity contribution is -0.115. The third-order valence-corrected chi connectivity index (χ3v) is 11.0. The Balaban J connectivity index is 1.60. The SMILES string of the molecule is CCS(=O)(=O)c1ccc(CC(=O)Nc2ccc(C(O[Si](C)(C)C)C(c3ccccc3F)(c3ccccc3F)c3ccccc3F)cc2)cc1. The first kappa shape index (κ1) is 35.8. The summed E-state index contributed by atoms with van der Waals surface area (Å²) in [4.78, 5) is 13.2. The lowest BCUT2D eigenvalue weighted by atomic mass is 9.63. The topological polar surface area (TPSA) is 72.5 Å². The van der Waals surface area contributed by atoms with Crippen LogP contribution >= 0.6 is 0 Å². The van der Waals surface area contributed by atoms with Crippen LogP contribution < -0.4 is 5.32 Å². The summed E-state index contributed by atoms with van der Waals surface area (Å²) in [5, 5.41) is 2.85. The van der Waals surface area contributed by atoms with Crippen LogP contribution in [0.3, 0.4) is 0 Å². The second-order valence-electron chi connectivity index (χ2n) is 12.8. The normalized spacial score (nSPS) is 12.8. The molecule has 0 aromatic heterocycles. The van der Waals surface area contributed by atoms with Crippen molar-refractivity contribution < 1.29 is 30.8 Å². The maximum atomic E-state index is 16.1. The molecule has 254 valence electrons. The smallest absolute Gasteiger partial charge is 0.228 e. The zero-order valence-electron chi connectivity index (χ0n) is 27.7. The molecular weight excluding hydrogens is 664 g/mol. The Morgan fingerprint density at radius 1 is 0.714 bits per heavy atom. The molecule has 1 unspecified atom stereocenters. The zero-order valence-corrected chi connectivity index (χ0v) is 29.5. The van der Waals surface area contributed by atoms with E-state index in [1.54, 1.807) is 61.5 Å². The van der Waals surface area contributed by atoms with Crippen LogP contribution in [0.25, 0.3) is 0 Å². The fraction of sp³-hybridized carbons (Fsp3) is 0.205. The summed E-state index contributed by atoms with van der Waals surface area (Å²) >= 11 is 0. The number of rotatable bonds is 12. The second-order valence-corrected chi connectivity index (χ2v) is 19.5. The van der Waals surface area contributed by atoms with E-state index in [0.29, 0.717) is 16.8 Å². The van der Waals surface area contributed by atoms with Gasteiger partial charge in [0.1, 0.15) is 17.5 Å². The highest BCUT2D eigenvalue weighted by Crippen LogP contribution is 2.53. The number of hydrogen-bond acceptors (Lipinski definition) is 4.